The van der Waals surface area contributed by atoms with Crippen molar-refractivity contribution in [3.8, 4) is 21.0 Å². The summed E-state index contributed by atoms with van der Waals surface area (Å²) >= 11 is 1.46. The lowest BCUT2D eigenvalue weighted by Crippen LogP contribution is -2.11. The zero-order valence-electron chi connectivity index (χ0n) is 13.6. The number of benzene rings is 1. The molecule has 0 atom stereocenters. The Kier molecular flexibility index (Phi) is 4.49. The average Bonchev–Trinajstić information content (AvgIpc) is 3.13. The van der Waals surface area contributed by atoms with Gasteiger partial charge in [0.05, 0.1) is 21.2 Å². The van der Waals surface area contributed by atoms with Gasteiger partial charge in [-0.1, -0.05) is 12.1 Å². The number of carboxylic acid groups (broad SMARTS) is 1. The minimum Gasteiger partial charge on any atom is -0.480 e. The zero-order chi connectivity index (χ0) is 18.2. The van der Waals surface area contributed by atoms with Gasteiger partial charge in [0.25, 0.3) is 0 Å². The van der Waals surface area contributed by atoms with Crippen molar-refractivity contribution in [3.63, 3.8) is 0 Å². The SMILES string of the molecule is Cc1cc(-c2ccc(-c3cccc(S(C)(=O)=O)c3)s2)n(CC(=O)O)n1. The van der Waals surface area contributed by atoms with Crippen molar-refractivity contribution in [2.75, 3.05) is 6.26 Å². The van der Waals surface area contributed by atoms with Crippen LogP contribution in [0.25, 0.3) is 21.0 Å². The number of hydrogen-bond donors (Lipinski definition) is 1. The molecule has 130 valence electrons. The molecule has 0 aliphatic heterocycles. The van der Waals surface area contributed by atoms with Gasteiger partial charge in [-0.3, -0.25) is 9.48 Å². The first-order valence-corrected chi connectivity index (χ1v) is 10.1. The molecule has 25 heavy (non-hydrogen) atoms. The average molecular weight is 376 g/mol. The molecule has 3 aromatic rings. The van der Waals surface area contributed by atoms with E-state index in [0.717, 1.165) is 26.7 Å². The van der Waals surface area contributed by atoms with Crippen LogP contribution in [0.5, 0.6) is 0 Å². The van der Waals surface area contributed by atoms with E-state index in [2.05, 4.69) is 5.10 Å². The molecule has 1 aromatic carbocycles. The third kappa shape index (κ3) is 3.80. The second-order valence-electron chi connectivity index (χ2n) is 5.69. The third-order valence-electron chi connectivity index (χ3n) is 3.59. The number of hydrogen-bond acceptors (Lipinski definition) is 5. The summed E-state index contributed by atoms with van der Waals surface area (Å²) < 4.78 is 24.9. The molecule has 1 N–H and O–H groups in total. The Bertz CT molecular complexity index is 1050. The summed E-state index contributed by atoms with van der Waals surface area (Å²) in [6, 6.07) is 12.4. The van der Waals surface area contributed by atoms with E-state index in [-0.39, 0.29) is 11.4 Å². The van der Waals surface area contributed by atoms with Gasteiger partial charge >= 0.3 is 5.97 Å². The predicted molar refractivity (Wildman–Crippen MR) is 96.5 cm³/mol. The van der Waals surface area contributed by atoms with Crippen LogP contribution in [0.1, 0.15) is 5.69 Å². The van der Waals surface area contributed by atoms with Crippen LogP contribution in [0.2, 0.25) is 0 Å². The van der Waals surface area contributed by atoms with Crippen LogP contribution in [0, 0.1) is 6.92 Å². The Balaban J connectivity index is 2.01. The Morgan fingerprint density at radius 1 is 1.20 bits per heavy atom. The standard InChI is InChI=1S/C17H16N2O4S2/c1-11-8-14(19(18-11)10-17(20)21)16-7-6-15(24-16)12-4-3-5-13(9-12)25(2,22)23/h3-9H,10H2,1-2H3,(H,20,21). The van der Waals surface area contributed by atoms with E-state index in [1.165, 1.54) is 22.3 Å². The fourth-order valence-corrected chi connectivity index (χ4v) is 4.19. The number of carbonyl (C=O) groups is 1. The van der Waals surface area contributed by atoms with Crippen LogP contribution in [-0.2, 0) is 21.2 Å². The highest BCUT2D eigenvalue weighted by Gasteiger charge is 2.14. The van der Waals surface area contributed by atoms with Crippen molar-refractivity contribution in [2.24, 2.45) is 0 Å². The topological polar surface area (TPSA) is 89.3 Å². The fourth-order valence-electron chi connectivity index (χ4n) is 2.50. The molecule has 0 amide bonds. The van der Waals surface area contributed by atoms with Crippen LogP contribution < -0.4 is 0 Å². The van der Waals surface area contributed by atoms with Crippen molar-refractivity contribution in [1.29, 1.82) is 0 Å². The Morgan fingerprint density at radius 2 is 1.92 bits per heavy atom. The van der Waals surface area contributed by atoms with Crippen LogP contribution in [0.3, 0.4) is 0 Å². The molecule has 0 bridgehead atoms. The molecule has 0 radical (unpaired) electrons. The summed E-state index contributed by atoms with van der Waals surface area (Å²) in [6.45, 7) is 1.60. The smallest absolute Gasteiger partial charge is 0.325 e. The van der Waals surface area contributed by atoms with Gasteiger partial charge in [0.2, 0.25) is 0 Å². The van der Waals surface area contributed by atoms with Crippen LogP contribution >= 0.6 is 11.3 Å². The molecule has 0 saturated heterocycles. The van der Waals surface area contributed by atoms with Gasteiger partial charge in [0.1, 0.15) is 6.54 Å². The lowest BCUT2D eigenvalue weighted by Gasteiger charge is -2.03. The number of aliphatic carboxylic acids is 1. The second kappa shape index (κ2) is 6.45. The molecule has 2 aromatic heterocycles. The number of aryl methyl sites for hydroxylation is 1. The summed E-state index contributed by atoms with van der Waals surface area (Å²) in [4.78, 5) is 13.1. The molecule has 0 saturated carbocycles. The molecular formula is C17H16N2O4S2. The van der Waals surface area contributed by atoms with Gasteiger partial charge < -0.3 is 5.11 Å². The summed E-state index contributed by atoms with van der Waals surface area (Å²) in [5.41, 5.74) is 2.28. The minimum atomic E-state index is -3.27. The molecule has 8 heteroatoms. The number of rotatable bonds is 5. The van der Waals surface area contributed by atoms with E-state index < -0.39 is 15.8 Å². The quantitative estimate of drug-likeness (QED) is 0.739. The monoisotopic (exact) mass is 376 g/mol. The van der Waals surface area contributed by atoms with Gasteiger partial charge in [0.15, 0.2) is 9.84 Å². The molecule has 6 nitrogen and oxygen atoms in total. The molecule has 0 aliphatic carbocycles. The van der Waals surface area contributed by atoms with E-state index in [0.29, 0.717) is 0 Å². The number of thiophene rings is 1. The molecule has 0 fully saturated rings. The van der Waals surface area contributed by atoms with Crippen molar-refractivity contribution < 1.29 is 18.3 Å². The predicted octanol–water partition coefficient (Wildman–Crippen LogP) is 3.08. The summed E-state index contributed by atoms with van der Waals surface area (Å²) in [6.07, 6.45) is 1.18. The van der Waals surface area contributed by atoms with Crippen molar-refractivity contribution in [2.45, 2.75) is 18.4 Å². The number of carboxylic acids is 1. The Labute approximate surface area is 149 Å². The number of nitrogens with zero attached hydrogens (tertiary/aromatic N) is 2. The Hall–Kier alpha value is -2.45. The van der Waals surface area contributed by atoms with Crippen LogP contribution in [0.4, 0.5) is 0 Å². The third-order valence-corrected chi connectivity index (χ3v) is 5.86. The highest BCUT2D eigenvalue weighted by atomic mass is 32.2. The van der Waals surface area contributed by atoms with Crippen molar-refractivity contribution in [3.05, 3.63) is 48.2 Å². The normalized spacial score (nSPS) is 11.6. The van der Waals surface area contributed by atoms with Gasteiger partial charge in [0, 0.05) is 11.1 Å². The van der Waals surface area contributed by atoms with Gasteiger partial charge in [-0.25, -0.2) is 8.42 Å². The van der Waals surface area contributed by atoms with Gasteiger partial charge in [-0.15, -0.1) is 11.3 Å². The fraction of sp³-hybridized carbons (Fsp3) is 0.176. The maximum absolute atomic E-state index is 11.7. The maximum Gasteiger partial charge on any atom is 0.325 e. The van der Waals surface area contributed by atoms with Crippen molar-refractivity contribution >= 4 is 27.1 Å². The lowest BCUT2D eigenvalue weighted by atomic mass is 10.2. The Morgan fingerprint density at radius 3 is 2.60 bits per heavy atom. The molecule has 0 spiro atoms. The number of aromatic nitrogens is 2. The first kappa shape index (κ1) is 17.4. The van der Waals surface area contributed by atoms with E-state index in [4.69, 9.17) is 5.11 Å². The molecule has 0 aliphatic rings. The summed E-state index contributed by atoms with van der Waals surface area (Å²) in [7, 11) is -3.27. The molecule has 0 unspecified atom stereocenters. The van der Waals surface area contributed by atoms with Crippen LogP contribution in [-0.4, -0.2) is 35.5 Å². The number of sulfone groups is 1. The molecule has 3 rings (SSSR count). The highest BCUT2D eigenvalue weighted by molar-refractivity contribution is 7.90. The summed E-state index contributed by atoms with van der Waals surface area (Å²) in [5.74, 6) is -0.956. The second-order valence-corrected chi connectivity index (χ2v) is 8.79. The van der Waals surface area contributed by atoms with E-state index in [1.54, 1.807) is 18.2 Å². The first-order chi connectivity index (χ1) is 11.7. The lowest BCUT2D eigenvalue weighted by molar-refractivity contribution is -0.137. The summed E-state index contributed by atoms with van der Waals surface area (Å²) in [5, 5.41) is 13.2. The molecule has 2 heterocycles. The largest absolute Gasteiger partial charge is 0.480 e. The highest BCUT2D eigenvalue weighted by Crippen LogP contribution is 2.35. The minimum absolute atomic E-state index is 0.208. The maximum atomic E-state index is 11.7. The zero-order valence-corrected chi connectivity index (χ0v) is 15.3. The van der Waals surface area contributed by atoms with E-state index >= 15 is 0 Å². The van der Waals surface area contributed by atoms with E-state index in [9.17, 15) is 13.2 Å². The van der Waals surface area contributed by atoms with E-state index in [1.807, 2.05) is 31.2 Å². The van der Waals surface area contributed by atoms with Crippen molar-refractivity contribution in [1.82, 2.24) is 9.78 Å². The van der Waals surface area contributed by atoms with Gasteiger partial charge in [-0.05, 0) is 42.8 Å². The first-order valence-electron chi connectivity index (χ1n) is 7.41. The van der Waals surface area contributed by atoms with Gasteiger partial charge in [-0.2, -0.15) is 5.10 Å². The molecular weight excluding hydrogens is 360 g/mol. The van der Waals surface area contributed by atoms with Crippen LogP contribution in [0.15, 0.2) is 47.4 Å².